The molecule has 2 atom stereocenters. The van der Waals surface area contributed by atoms with Gasteiger partial charge in [-0.25, -0.2) is 9.52 Å². The molecule has 0 aliphatic carbocycles. The first-order valence-electron chi connectivity index (χ1n) is 7.64. The molecule has 2 rings (SSSR count). The van der Waals surface area contributed by atoms with Gasteiger partial charge in [-0.15, -0.1) is 0 Å². The third-order valence-electron chi connectivity index (χ3n) is 3.92. The SMILES string of the molecule is CC(C)OC(=O)NS(=O)(=O)N1CCCCC1C1CCCN1. The van der Waals surface area contributed by atoms with Gasteiger partial charge in [-0.1, -0.05) is 6.42 Å². The highest BCUT2D eigenvalue weighted by molar-refractivity contribution is 7.87. The Hall–Kier alpha value is -0.860. The summed E-state index contributed by atoms with van der Waals surface area (Å²) in [6.07, 6.45) is 3.46. The van der Waals surface area contributed by atoms with Crippen LogP contribution in [0.4, 0.5) is 4.79 Å². The Morgan fingerprint density at radius 3 is 2.67 bits per heavy atom. The molecular formula is C13H25N3O4S. The number of rotatable bonds is 4. The lowest BCUT2D eigenvalue weighted by atomic mass is 9.97. The molecule has 2 aliphatic heterocycles. The fourth-order valence-electron chi connectivity index (χ4n) is 3.07. The molecule has 2 N–H and O–H groups in total. The van der Waals surface area contributed by atoms with Crippen LogP contribution in [0.15, 0.2) is 0 Å². The first-order valence-corrected chi connectivity index (χ1v) is 9.08. The van der Waals surface area contributed by atoms with Gasteiger partial charge >= 0.3 is 16.3 Å². The molecule has 0 aromatic carbocycles. The molecule has 0 aromatic heterocycles. The van der Waals surface area contributed by atoms with Crippen LogP contribution in [0.3, 0.4) is 0 Å². The Bertz CT molecular complexity index is 460. The summed E-state index contributed by atoms with van der Waals surface area (Å²) in [5.74, 6) is 0. The topological polar surface area (TPSA) is 87.7 Å². The molecule has 2 unspecified atom stereocenters. The zero-order valence-electron chi connectivity index (χ0n) is 12.7. The van der Waals surface area contributed by atoms with E-state index in [1.54, 1.807) is 13.8 Å². The van der Waals surface area contributed by atoms with E-state index in [1.165, 1.54) is 4.31 Å². The molecule has 1 amide bonds. The van der Waals surface area contributed by atoms with Crippen LogP contribution in [0.2, 0.25) is 0 Å². The number of ether oxygens (including phenoxy) is 1. The minimum atomic E-state index is -3.85. The van der Waals surface area contributed by atoms with Crippen LogP contribution in [0.25, 0.3) is 0 Å². The van der Waals surface area contributed by atoms with Gasteiger partial charge in [0.1, 0.15) is 0 Å². The maximum absolute atomic E-state index is 12.4. The van der Waals surface area contributed by atoms with Gasteiger partial charge in [-0.05, 0) is 46.1 Å². The van der Waals surface area contributed by atoms with Gasteiger partial charge in [-0.2, -0.15) is 12.7 Å². The zero-order chi connectivity index (χ0) is 15.5. The van der Waals surface area contributed by atoms with E-state index >= 15 is 0 Å². The van der Waals surface area contributed by atoms with Crippen molar-refractivity contribution >= 4 is 16.3 Å². The van der Waals surface area contributed by atoms with E-state index in [-0.39, 0.29) is 18.2 Å². The van der Waals surface area contributed by atoms with E-state index < -0.39 is 16.3 Å². The minimum Gasteiger partial charge on any atom is -0.446 e. The Morgan fingerprint density at radius 2 is 2.05 bits per heavy atom. The number of amides is 1. The second kappa shape index (κ2) is 6.93. The van der Waals surface area contributed by atoms with Gasteiger partial charge in [0, 0.05) is 18.6 Å². The molecule has 0 radical (unpaired) electrons. The maximum Gasteiger partial charge on any atom is 0.422 e. The number of piperidine rings is 1. The molecule has 122 valence electrons. The molecule has 2 aliphatic rings. The number of carbonyl (C=O) groups excluding carboxylic acids is 1. The van der Waals surface area contributed by atoms with Crippen molar-refractivity contribution in [1.82, 2.24) is 14.3 Å². The lowest BCUT2D eigenvalue weighted by molar-refractivity contribution is 0.120. The first kappa shape index (κ1) is 16.5. The maximum atomic E-state index is 12.4. The van der Waals surface area contributed by atoms with Crippen LogP contribution in [0.5, 0.6) is 0 Å². The Balaban J connectivity index is 2.06. The third-order valence-corrected chi connectivity index (χ3v) is 5.42. The summed E-state index contributed by atoms with van der Waals surface area (Å²) in [7, 11) is -3.85. The number of carbonyl (C=O) groups is 1. The van der Waals surface area contributed by atoms with E-state index in [2.05, 4.69) is 5.32 Å². The average Bonchev–Trinajstić information content (AvgIpc) is 2.90. The largest absolute Gasteiger partial charge is 0.446 e. The number of hydrogen-bond acceptors (Lipinski definition) is 5. The lowest BCUT2D eigenvalue weighted by Gasteiger charge is -2.37. The summed E-state index contributed by atoms with van der Waals surface area (Å²) in [5.41, 5.74) is 0. The summed E-state index contributed by atoms with van der Waals surface area (Å²) in [4.78, 5) is 11.6. The van der Waals surface area contributed by atoms with E-state index in [0.717, 1.165) is 38.6 Å². The summed E-state index contributed by atoms with van der Waals surface area (Å²) in [6, 6.07) is 0.105. The first-order chi connectivity index (χ1) is 9.90. The second-order valence-electron chi connectivity index (χ2n) is 5.94. The van der Waals surface area contributed by atoms with Crippen molar-refractivity contribution in [3.63, 3.8) is 0 Å². The van der Waals surface area contributed by atoms with E-state index in [4.69, 9.17) is 4.74 Å². The van der Waals surface area contributed by atoms with Crippen molar-refractivity contribution in [2.75, 3.05) is 13.1 Å². The molecule has 7 nitrogen and oxygen atoms in total. The minimum absolute atomic E-state index is 0.0781. The van der Waals surface area contributed by atoms with Gasteiger partial charge < -0.3 is 10.1 Å². The average molecular weight is 319 g/mol. The van der Waals surface area contributed by atoms with Crippen molar-refractivity contribution in [2.24, 2.45) is 0 Å². The van der Waals surface area contributed by atoms with Crippen LogP contribution in [-0.2, 0) is 14.9 Å². The van der Waals surface area contributed by atoms with Crippen LogP contribution in [0.1, 0.15) is 46.0 Å². The standard InChI is InChI=1S/C13H25N3O4S/c1-10(2)20-13(17)15-21(18,19)16-9-4-3-7-12(16)11-6-5-8-14-11/h10-12,14H,3-9H2,1-2H3,(H,15,17). The molecule has 0 aromatic rings. The van der Waals surface area contributed by atoms with Crippen molar-refractivity contribution in [3.8, 4) is 0 Å². The normalized spacial score (nSPS) is 27.8. The molecule has 2 fully saturated rings. The van der Waals surface area contributed by atoms with Crippen molar-refractivity contribution in [2.45, 2.75) is 64.1 Å². The van der Waals surface area contributed by atoms with Crippen molar-refractivity contribution in [3.05, 3.63) is 0 Å². The Kier molecular flexibility index (Phi) is 5.45. The number of nitrogens with zero attached hydrogens (tertiary/aromatic N) is 1. The summed E-state index contributed by atoms with van der Waals surface area (Å²) < 4.78 is 33.2. The summed E-state index contributed by atoms with van der Waals surface area (Å²) in [5, 5.41) is 3.36. The summed E-state index contributed by atoms with van der Waals surface area (Å²) >= 11 is 0. The summed E-state index contributed by atoms with van der Waals surface area (Å²) in [6.45, 7) is 4.74. The molecule has 0 saturated carbocycles. The van der Waals surface area contributed by atoms with Crippen LogP contribution in [0, 0.1) is 0 Å². The number of hydrogen-bond donors (Lipinski definition) is 2. The molecule has 8 heteroatoms. The Labute approximate surface area is 126 Å². The van der Waals surface area contributed by atoms with Crippen molar-refractivity contribution < 1.29 is 17.9 Å². The van der Waals surface area contributed by atoms with Crippen molar-refractivity contribution in [1.29, 1.82) is 0 Å². The van der Waals surface area contributed by atoms with Gasteiger partial charge in [0.05, 0.1) is 6.10 Å². The second-order valence-corrected chi connectivity index (χ2v) is 7.56. The molecule has 2 heterocycles. The quantitative estimate of drug-likeness (QED) is 0.806. The van der Waals surface area contributed by atoms with Gasteiger partial charge in [0.15, 0.2) is 0 Å². The highest BCUT2D eigenvalue weighted by Crippen LogP contribution is 2.26. The van der Waals surface area contributed by atoms with Crippen LogP contribution in [-0.4, -0.2) is 50.1 Å². The predicted octanol–water partition coefficient (Wildman–Crippen LogP) is 0.972. The molecule has 21 heavy (non-hydrogen) atoms. The fraction of sp³-hybridized carbons (Fsp3) is 0.923. The molecule has 0 spiro atoms. The van der Waals surface area contributed by atoms with Crippen LogP contribution < -0.4 is 10.0 Å². The number of nitrogens with one attached hydrogen (secondary N) is 2. The highest BCUT2D eigenvalue weighted by Gasteiger charge is 2.38. The Morgan fingerprint density at radius 1 is 1.29 bits per heavy atom. The monoisotopic (exact) mass is 319 g/mol. The van der Waals surface area contributed by atoms with Gasteiger partial charge in [0.2, 0.25) is 0 Å². The van der Waals surface area contributed by atoms with Gasteiger partial charge in [-0.3, -0.25) is 0 Å². The zero-order valence-corrected chi connectivity index (χ0v) is 13.5. The highest BCUT2D eigenvalue weighted by atomic mass is 32.2. The molecular weight excluding hydrogens is 294 g/mol. The molecule has 0 bridgehead atoms. The van der Waals surface area contributed by atoms with E-state index in [0.29, 0.717) is 6.54 Å². The van der Waals surface area contributed by atoms with Gasteiger partial charge in [0.25, 0.3) is 0 Å². The fourth-order valence-corrected chi connectivity index (χ4v) is 4.43. The van der Waals surface area contributed by atoms with Crippen LogP contribution >= 0.6 is 0 Å². The lowest BCUT2D eigenvalue weighted by Crippen LogP contribution is -2.56. The van der Waals surface area contributed by atoms with E-state index in [9.17, 15) is 13.2 Å². The smallest absolute Gasteiger partial charge is 0.422 e. The molecule has 2 saturated heterocycles. The van der Waals surface area contributed by atoms with E-state index in [1.807, 2.05) is 4.72 Å². The third kappa shape index (κ3) is 4.31. The predicted molar refractivity (Wildman–Crippen MR) is 79.0 cm³/mol.